The number of nitrogens with zero attached hydrogens (tertiary/aromatic N) is 1. The van der Waals surface area contributed by atoms with Crippen LogP contribution < -0.4 is 16.0 Å². The number of carbonyl (C=O) groups is 3. The number of hydrogen-bond acceptors (Lipinski definition) is 5. The molecule has 0 spiro atoms. The molecular weight excluding hydrogens is 384 g/mol. The highest BCUT2D eigenvalue weighted by molar-refractivity contribution is 6.09. The Kier molecular flexibility index (Phi) is 6.44. The molecule has 0 bridgehead atoms. The third-order valence-electron chi connectivity index (χ3n) is 5.37. The highest BCUT2D eigenvalue weighted by Crippen LogP contribution is 2.30. The number of piperidine rings is 1. The highest BCUT2D eigenvalue weighted by atomic mass is 16.5. The Morgan fingerprint density at radius 1 is 1.17 bits per heavy atom. The summed E-state index contributed by atoms with van der Waals surface area (Å²) in [6.45, 7) is 7.18. The van der Waals surface area contributed by atoms with Crippen LogP contribution in [0.3, 0.4) is 0 Å². The van der Waals surface area contributed by atoms with Crippen molar-refractivity contribution in [2.45, 2.75) is 40.0 Å². The Morgan fingerprint density at radius 2 is 1.87 bits per heavy atom. The maximum absolute atomic E-state index is 13.1. The minimum Gasteiger partial charge on any atom is -0.462 e. The maximum Gasteiger partial charge on any atom is 0.340 e. The van der Waals surface area contributed by atoms with E-state index in [1.807, 2.05) is 6.07 Å². The van der Waals surface area contributed by atoms with E-state index >= 15 is 0 Å². The predicted molar refractivity (Wildman–Crippen MR) is 115 cm³/mol. The molecule has 0 saturated carbocycles. The van der Waals surface area contributed by atoms with Crippen LogP contribution in [0.25, 0.3) is 0 Å². The lowest BCUT2D eigenvalue weighted by Crippen LogP contribution is -2.30. The average molecular weight is 412 g/mol. The van der Waals surface area contributed by atoms with Gasteiger partial charge in [0, 0.05) is 24.3 Å². The van der Waals surface area contributed by atoms with Gasteiger partial charge in [-0.3, -0.25) is 9.59 Å². The Balaban J connectivity index is 1.94. The van der Waals surface area contributed by atoms with Crippen LogP contribution in [-0.4, -0.2) is 42.5 Å². The molecule has 2 amide bonds. The number of rotatable bonds is 6. The van der Waals surface area contributed by atoms with Crippen LogP contribution in [0.15, 0.2) is 18.2 Å². The standard InChI is InChI=1S/C22H28N4O4/c1-4-30-22(29)18-13(2)19(24-14(18)3)21(28)25-16-12-15(20(23)27)8-9-17(16)26-10-6-5-7-11-26/h8-9,12,24H,4-7,10-11H2,1-3H3,(H2,23,27)(H,25,28). The molecule has 0 atom stereocenters. The number of benzene rings is 1. The third-order valence-corrected chi connectivity index (χ3v) is 5.37. The number of aryl methyl sites for hydroxylation is 1. The van der Waals surface area contributed by atoms with Crippen molar-refractivity contribution in [3.8, 4) is 0 Å². The van der Waals surface area contributed by atoms with Gasteiger partial charge in [0.25, 0.3) is 5.91 Å². The third kappa shape index (κ3) is 4.32. The van der Waals surface area contributed by atoms with Crippen LogP contribution in [-0.2, 0) is 4.74 Å². The summed E-state index contributed by atoms with van der Waals surface area (Å²) < 4.78 is 5.09. The lowest BCUT2D eigenvalue weighted by atomic mass is 10.1. The molecule has 0 radical (unpaired) electrons. The fraction of sp³-hybridized carbons (Fsp3) is 0.409. The number of ether oxygens (including phenoxy) is 1. The molecular formula is C22H28N4O4. The number of esters is 1. The second-order valence-corrected chi connectivity index (χ2v) is 7.44. The van der Waals surface area contributed by atoms with E-state index in [4.69, 9.17) is 10.5 Å². The molecule has 2 heterocycles. The second-order valence-electron chi connectivity index (χ2n) is 7.44. The molecule has 0 aliphatic carbocycles. The largest absolute Gasteiger partial charge is 0.462 e. The van der Waals surface area contributed by atoms with Crippen molar-refractivity contribution in [3.05, 3.63) is 46.3 Å². The van der Waals surface area contributed by atoms with Crippen LogP contribution >= 0.6 is 0 Å². The molecule has 0 unspecified atom stereocenters. The number of hydrogen-bond donors (Lipinski definition) is 3. The van der Waals surface area contributed by atoms with Crippen LogP contribution in [0.4, 0.5) is 11.4 Å². The number of aromatic nitrogens is 1. The first-order valence-corrected chi connectivity index (χ1v) is 10.2. The maximum atomic E-state index is 13.1. The molecule has 1 aliphatic heterocycles. The predicted octanol–water partition coefficient (Wildman–Crippen LogP) is 3.15. The fourth-order valence-corrected chi connectivity index (χ4v) is 3.87. The van der Waals surface area contributed by atoms with E-state index in [1.54, 1.807) is 32.9 Å². The first-order chi connectivity index (χ1) is 14.3. The molecule has 1 fully saturated rings. The zero-order valence-electron chi connectivity index (χ0n) is 17.6. The van der Waals surface area contributed by atoms with Gasteiger partial charge in [0.1, 0.15) is 5.69 Å². The van der Waals surface area contributed by atoms with Crippen LogP contribution in [0.5, 0.6) is 0 Å². The molecule has 160 valence electrons. The normalized spacial score (nSPS) is 13.8. The van der Waals surface area contributed by atoms with E-state index in [2.05, 4.69) is 15.2 Å². The minimum atomic E-state index is -0.563. The number of aromatic amines is 1. The average Bonchev–Trinajstić information content (AvgIpc) is 3.03. The van der Waals surface area contributed by atoms with Gasteiger partial charge in [-0.25, -0.2) is 4.79 Å². The lowest BCUT2D eigenvalue weighted by Gasteiger charge is -2.30. The van der Waals surface area contributed by atoms with E-state index in [0.717, 1.165) is 31.6 Å². The Hall–Kier alpha value is -3.29. The van der Waals surface area contributed by atoms with Gasteiger partial charge in [-0.2, -0.15) is 0 Å². The monoisotopic (exact) mass is 412 g/mol. The number of nitrogens with two attached hydrogens (primary N) is 1. The quantitative estimate of drug-likeness (QED) is 0.630. The van der Waals surface area contributed by atoms with Crippen molar-refractivity contribution in [3.63, 3.8) is 0 Å². The Labute approximate surface area is 175 Å². The summed E-state index contributed by atoms with van der Waals surface area (Å²) in [5.74, 6) is -1.43. The van der Waals surface area contributed by atoms with Crippen molar-refractivity contribution in [2.24, 2.45) is 5.73 Å². The summed E-state index contributed by atoms with van der Waals surface area (Å²) in [6.07, 6.45) is 3.32. The first-order valence-electron chi connectivity index (χ1n) is 10.2. The van der Waals surface area contributed by atoms with Gasteiger partial charge < -0.3 is 25.7 Å². The summed E-state index contributed by atoms with van der Waals surface area (Å²) >= 11 is 0. The van der Waals surface area contributed by atoms with Crippen molar-refractivity contribution in [1.82, 2.24) is 4.98 Å². The molecule has 3 rings (SSSR count). The van der Waals surface area contributed by atoms with E-state index in [9.17, 15) is 14.4 Å². The van der Waals surface area contributed by atoms with Gasteiger partial charge in [-0.1, -0.05) is 0 Å². The molecule has 8 nitrogen and oxygen atoms in total. The number of H-pyrrole nitrogens is 1. The van der Waals surface area contributed by atoms with Crippen molar-refractivity contribution < 1.29 is 19.1 Å². The van der Waals surface area contributed by atoms with Crippen molar-refractivity contribution in [2.75, 3.05) is 29.9 Å². The number of amides is 2. The summed E-state index contributed by atoms with van der Waals surface area (Å²) in [5.41, 5.74) is 8.86. The molecule has 1 aliphatic rings. The van der Waals surface area contributed by atoms with Gasteiger partial charge in [-0.05, 0) is 63.8 Å². The molecule has 2 aromatic rings. The Morgan fingerprint density at radius 3 is 2.50 bits per heavy atom. The topological polar surface area (TPSA) is 118 Å². The van der Waals surface area contributed by atoms with Gasteiger partial charge in [-0.15, -0.1) is 0 Å². The highest BCUT2D eigenvalue weighted by Gasteiger charge is 2.24. The van der Waals surface area contributed by atoms with E-state index in [0.29, 0.717) is 28.1 Å². The van der Waals surface area contributed by atoms with Crippen LogP contribution in [0.1, 0.15) is 68.6 Å². The summed E-state index contributed by atoms with van der Waals surface area (Å²) in [7, 11) is 0. The van der Waals surface area contributed by atoms with Gasteiger partial charge in [0.15, 0.2) is 0 Å². The molecule has 1 aromatic carbocycles. The number of nitrogens with one attached hydrogen (secondary N) is 2. The number of primary amides is 1. The van der Waals surface area contributed by atoms with Crippen LogP contribution in [0, 0.1) is 13.8 Å². The summed E-state index contributed by atoms with van der Waals surface area (Å²) in [4.78, 5) is 42.2. The minimum absolute atomic E-state index is 0.253. The summed E-state index contributed by atoms with van der Waals surface area (Å²) in [5, 5.41) is 2.90. The lowest BCUT2D eigenvalue weighted by molar-refractivity contribution is 0.0524. The zero-order valence-corrected chi connectivity index (χ0v) is 17.6. The van der Waals surface area contributed by atoms with Crippen molar-refractivity contribution >= 4 is 29.2 Å². The fourth-order valence-electron chi connectivity index (χ4n) is 3.87. The smallest absolute Gasteiger partial charge is 0.340 e. The molecule has 30 heavy (non-hydrogen) atoms. The SMILES string of the molecule is CCOC(=O)c1c(C)[nH]c(C(=O)Nc2cc(C(N)=O)ccc2N2CCCCC2)c1C. The van der Waals surface area contributed by atoms with Gasteiger partial charge >= 0.3 is 5.97 Å². The van der Waals surface area contributed by atoms with Gasteiger partial charge in [0.05, 0.1) is 23.5 Å². The first kappa shape index (κ1) is 21.4. The molecule has 1 aromatic heterocycles. The molecule has 4 N–H and O–H groups in total. The van der Waals surface area contributed by atoms with E-state index in [-0.39, 0.29) is 12.3 Å². The van der Waals surface area contributed by atoms with Gasteiger partial charge in [0.2, 0.25) is 5.91 Å². The molecule has 1 saturated heterocycles. The number of carbonyl (C=O) groups excluding carboxylic acids is 3. The second kappa shape index (κ2) is 9.02. The molecule has 8 heteroatoms. The van der Waals surface area contributed by atoms with E-state index < -0.39 is 17.8 Å². The summed E-state index contributed by atoms with van der Waals surface area (Å²) in [6, 6.07) is 5.09. The van der Waals surface area contributed by atoms with Crippen LogP contribution in [0.2, 0.25) is 0 Å². The number of anilines is 2. The zero-order chi connectivity index (χ0) is 21.8. The van der Waals surface area contributed by atoms with Crippen molar-refractivity contribution in [1.29, 1.82) is 0 Å². The Bertz CT molecular complexity index is 974. The van der Waals surface area contributed by atoms with E-state index in [1.165, 1.54) is 6.42 Å².